The van der Waals surface area contributed by atoms with Crippen LogP contribution >= 0.6 is 34.8 Å². The van der Waals surface area contributed by atoms with E-state index in [2.05, 4.69) is 10.3 Å². The van der Waals surface area contributed by atoms with Crippen LogP contribution in [0.1, 0.15) is 5.69 Å². The van der Waals surface area contributed by atoms with Crippen molar-refractivity contribution < 1.29 is 13.2 Å². The van der Waals surface area contributed by atoms with Gasteiger partial charge < -0.3 is 5.32 Å². The van der Waals surface area contributed by atoms with Crippen molar-refractivity contribution in [3.63, 3.8) is 0 Å². The van der Waals surface area contributed by atoms with Crippen molar-refractivity contribution in [3.05, 3.63) is 79.6 Å². The highest BCUT2D eigenvalue weighted by molar-refractivity contribution is 6.44. The zero-order valence-electron chi connectivity index (χ0n) is 13.2. The molecule has 0 unspecified atom stereocenters. The first-order valence-electron chi connectivity index (χ1n) is 7.35. The van der Waals surface area contributed by atoms with Gasteiger partial charge in [0, 0.05) is 6.07 Å². The van der Waals surface area contributed by atoms with Crippen LogP contribution in [0.25, 0.3) is 5.69 Å². The molecule has 2 aromatic carbocycles. The fourth-order valence-corrected chi connectivity index (χ4v) is 2.87. The van der Waals surface area contributed by atoms with Crippen LogP contribution < -0.4 is 10.9 Å². The minimum atomic E-state index is -4.80. The first-order valence-corrected chi connectivity index (χ1v) is 8.48. The smallest absolute Gasteiger partial charge is 0.324 e. The summed E-state index contributed by atoms with van der Waals surface area (Å²) in [6, 6.07) is 11.2. The minimum Gasteiger partial charge on any atom is -0.324 e. The quantitative estimate of drug-likeness (QED) is 0.518. The van der Waals surface area contributed by atoms with Gasteiger partial charge in [-0.2, -0.15) is 13.2 Å². The Morgan fingerprint density at radius 1 is 0.926 bits per heavy atom. The number of alkyl halides is 3. The summed E-state index contributed by atoms with van der Waals surface area (Å²) in [6.45, 7) is 0. The zero-order chi connectivity index (χ0) is 19.8. The van der Waals surface area contributed by atoms with Crippen LogP contribution in [0.15, 0.2) is 53.3 Å². The molecule has 0 aliphatic carbocycles. The molecule has 4 nitrogen and oxygen atoms in total. The minimum absolute atomic E-state index is 0.0932. The van der Waals surface area contributed by atoms with Crippen LogP contribution in [0.2, 0.25) is 15.1 Å². The average molecular weight is 435 g/mol. The molecule has 0 aliphatic heterocycles. The molecule has 10 heteroatoms. The maximum atomic E-state index is 13.1. The van der Waals surface area contributed by atoms with Crippen molar-refractivity contribution in [3.8, 4) is 5.69 Å². The summed E-state index contributed by atoms with van der Waals surface area (Å²) in [4.78, 5) is 16.0. The van der Waals surface area contributed by atoms with Crippen molar-refractivity contribution in [2.45, 2.75) is 6.18 Å². The summed E-state index contributed by atoms with van der Waals surface area (Å²) in [6.07, 6.45) is -4.80. The lowest BCUT2D eigenvalue weighted by Gasteiger charge is -2.17. The Labute approximate surface area is 166 Å². The number of nitrogens with zero attached hydrogens (tertiary/aromatic N) is 2. The van der Waals surface area contributed by atoms with Crippen LogP contribution in [-0.4, -0.2) is 9.55 Å². The van der Waals surface area contributed by atoms with Crippen LogP contribution in [0.3, 0.4) is 0 Å². The third-order valence-corrected chi connectivity index (χ3v) is 4.51. The van der Waals surface area contributed by atoms with Crippen LogP contribution in [-0.2, 0) is 6.18 Å². The summed E-state index contributed by atoms with van der Waals surface area (Å²) >= 11 is 17.9. The molecule has 0 saturated carbocycles. The van der Waals surface area contributed by atoms with Crippen LogP contribution in [0.5, 0.6) is 0 Å². The highest BCUT2D eigenvalue weighted by atomic mass is 35.5. The van der Waals surface area contributed by atoms with Gasteiger partial charge in [0.1, 0.15) is 0 Å². The monoisotopic (exact) mass is 433 g/mol. The number of hydrogen-bond donors (Lipinski definition) is 1. The molecule has 0 bridgehead atoms. The molecule has 0 saturated heterocycles. The summed E-state index contributed by atoms with van der Waals surface area (Å²) < 4.78 is 40.3. The van der Waals surface area contributed by atoms with E-state index in [9.17, 15) is 18.0 Å². The fourth-order valence-electron chi connectivity index (χ4n) is 2.28. The van der Waals surface area contributed by atoms with E-state index in [-0.39, 0.29) is 26.7 Å². The number of aromatic nitrogens is 2. The number of hydrogen-bond acceptors (Lipinski definition) is 3. The highest BCUT2D eigenvalue weighted by Gasteiger charge is 2.34. The van der Waals surface area contributed by atoms with Crippen molar-refractivity contribution in [1.29, 1.82) is 0 Å². The Bertz CT molecular complexity index is 1050. The lowest BCUT2D eigenvalue weighted by atomic mass is 10.3. The number of benzene rings is 2. The van der Waals surface area contributed by atoms with E-state index in [0.29, 0.717) is 11.8 Å². The van der Waals surface area contributed by atoms with Crippen molar-refractivity contribution in [1.82, 2.24) is 9.55 Å². The summed E-state index contributed by atoms with van der Waals surface area (Å²) in [5, 5.41) is 3.03. The number of halogens is 6. The average Bonchev–Trinajstić information content (AvgIpc) is 2.59. The molecule has 1 heterocycles. The molecule has 0 atom stereocenters. The normalized spacial score (nSPS) is 11.5. The second-order valence-electron chi connectivity index (χ2n) is 5.34. The molecule has 0 radical (unpaired) electrons. The molecular weight excluding hydrogens is 426 g/mol. The van der Waals surface area contributed by atoms with E-state index >= 15 is 0 Å². The van der Waals surface area contributed by atoms with E-state index < -0.39 is 17.4 Å². The highest BCUT2D eigenvalue weighted by Crippen LogP contribution is 2.34. The molecule has 27 heavy (non-hydrogen) atoms. The van der Waals surface area contributed by atoms with Crippen molar-refractivity contribution in [2.75, 3.05) is 5.32 Å². The van der Waals surface area contributed by atoms with E-state index in [0.717, 1.165) is 4.57 Å². The van der Waals surface area contributed by atoms with Gasteiger partial charge in [0.15, 0.2) is 5.69 Å². The second kappa shape index (κ2) is 7.42. The fraction of sp³-hybridized carbons (Fsp3) is 0.0588. The van der Waals surface area contributed by atoms with Gasteiger partial charge in [0.05, 0.1) is 26.4 Å². The Hall–Kier alpha value is -2.22. The molecule has 3 aromatic rings. The van der Waals surface area contributed by atoms with Gasteiger partial charge in [-0.3, -0.25) is 4.79 Å². The van der Waals surface area contributed by atoms with Crippen LogP contribution in [0, 0.1) is 0 Å². The maximum absolute atomic E-state index is 13.1. The van der Waals surface area contributed by atoms with Crippen LogP contribution in [0.4, 0.5) is 24.8 Å². The standard InChI is InChI=1S/C17H9Cl3F3N3O/c18-10-6-12(20)13(7-11(10)19)24-16-25-14(17(21,22)23)8-15(27)26(16)9-4-2-1-3-5-9/h1-8H,(H,24,25). The number of anilines is 2. The van der Waals surface area contributed by atoms with Crippen molar-refractivity contribution in [2.24, 2.45) is 0 Å². The number of para-hydroxylation sites is 1. The molecular formula is C17H9Cl3F3N3O. The Morgan fingerprint density at radius 3 is 2.19 bits per heavy atom. The molecule has 0 fully saturated rings. The molecule has 0 aliphatic rings. The Balaban J connectivity index is 2.22. The maximum Gasteiger partial charge on any atom is 0.433 e. The zero-order valence-corrected chi connectivity index (χ0v) is 15.5. The largest absolute Gasteiger partial charge is 0.433 e. The molecule has 140 valence electrons. The van der Waals surface area contributed by atoms with E-state index in [1.165, 1.54) is 12.1 Å². The first kappa shape index (κ1) is 19.5. The lowest BCUT2D eigenvalue weighted by molar-refractivity contribution is -0.141. The van der Waals surface area contributed by atoms with Gasteiger partial charge in [-0.15, -0.1) is 0 Å². The van der Waals surface area contributed by atoms with Gasteiger partial charge in [0.25, 0.3) is 5.56 Å². The lowest BCUT2D eigenvalue weighted by Crippen LogP contribution is -2.25. The van der Waals surface area contributed by atoms with Gasteiger partial charge in [0.2, 0.25) is 5.95 Å². The first-order chi connectivity index (χ1) is 12.7. The molecule has 3 rings (SSSR count). The van der Waals surface area contributed by atoms with Gasteiger partial charge in [-0.1, -0.05) is 53.0 Å². The molecule has 1 aromatic heterocycles. The third kappa shape index (κ3) is 4.21. The van der Waals surface area contributed by atoms with E-state index in [1.54, 1.807) is 30.3 Å². The van der Waals surface area contributed by atoms with Gasteiger partial charge in [-0.05, 0) is 24.3 Å². The summed E-state index contributed by atoms with van der Waals surface area (Å²) in [7, 11) is 0. The Kier molecular flexibility index (Phi) is 5.37. The predicted molar refractivity (Wildman–Crippen MR) is 99.6 cm³/mol. The third-order valence-electron chi connectivity index (χ3n) is 3.48. The topological polar surface area (TPSA) is 46.9 Å². The van der Waals surface area contributed by atoms with Gasteiger partial charge >= 0.3 is 6.18 Å². The van der Waals surface area contributed by atoms with E-state index in [4.69, 9.17) is 34.8 Å². The second-order valence-corrected chi connectivity index (χ2v) is 6.56. The van der Waals surface area contributed by atoms with Crippen molar-refractivity contribution >= 4 is 46.4 Å². The molecule has 0 amide bonds. The summed E-state index contributed by atoms with van der Waals surface area (Å²) in [5.41, 5.74) is -1.79. The predicted octanol–water partition coefficient (Wildman–Crippen LogP) is 5.96. The van der Waals surface area contributed by atoms with E-state index in [1.807, 2.05) is 0 Å². The number of rotatable bonds is 3. The summed E-state index contributed by atoms with van der Waals surface area (Å²) in [5.74, 6) is -0.374. The number of nitrogens with one attached hydrogen (secondary N) is 1. The molecule has 0 spiro atoms. The SMILES string of the molecule is O=c1cc(C(F)(F)F)nc(Nc2cc(Cl)c(Cl)cc2Cl)n1-c1ccccc1. The Morgan fingerprint density at radius 2 is 1.56 bits per heavy atom. The van der Waals surface area contributed by atoms with Gasteiger partial charge in [-0.25, -0.2) is 9.55 Å². The molecule has 1 N–H and O–H groups in total.